The number of benzene rings is 2. The van der Waals surface area contributed by atoms with Gasteiger partial charge in [-0.25, -0.2) is 0 Å². The minimum absolute atomic E-state index is 0.0950. The quantitative estimate of drug-likeness (QED) is 0.403. The van der Waals surface area contributed by atoms with Gasteiger partial charge in [-0.15, -0.1) is 0 Å². The van der Waals surface area contributed by atoms with Gasteiger partial charge in [-0.3, -0.25) is 9.59 Å². The number of carbonyl (C=O) groups excluding carboxylic acids is 2. The van der Waals surface area contributed by atoms with Crippen molar-refractivity contribution in [3.8, 4) is 0 Å². The van der Waals surface area contributed by atoms with E-state index in [0.717, 1.165) is 37.2 Å². The number of carbonyl (C=O) groups is 2. The van der Waals surface area contributed by atoms with Crippen molar-refractivity contribution >= 4 is 23.1 Å². The van der Waals surface area contributed by atoms with Crippen molar-refractivity contribution in [1.82, 2.24) is 4.90 Å². The van der Waals surface area contributed by atoms with E-state index in [-0.39, 0.29) is 17.4 Å². The minimum atomic E-state index is -0.651. The van der Waals surface area contributed by atoms with Gasteiger partial charge in [0.15, 0.2) is 0 Å². The largest absolute Gasteiger partial charge is 0.507 e. The summed E-state index contributed by atoms with van der Waals surface area (Å²) < 4.78 is 5.75. The van der Waals surface area contributed by atoms with Gasteiger partial charge in [0, 0.05) is 37.5 Å². The average molecular weight is 435 g/mol. The third kappa shape index (κ3) is 4.15. The van der Waals surface area contributed by atoms with Crippen molar-refractivity contribution in [3.63, 3.8) is 0 Å². The number of nitrogens with zero attached hydrogens (tertiary/aromatic N) is 2. The molecule has 4 rings (SSSR count). The molecular weight excluding hydrogens is 404 g/mol. The van der Waals surface area contributed by atoms with Gasteiger partial charge in [-0.2, -0.15) is 0 Å². The summed E-state index contributed by atoms with van der Waals surface area (Å²) in [4.78, 5) is 30.0. The molecule has 0 saturated carbocycles. The van der Waals surface area contributed by atoms with E-state index in [2.05, 4.69) is 18.7 Å². The normalized spacial score (nSPS) is 22.5. The SMILES string of the molecule is CCN(CC)c1ccc(C2C(=C(O)c3ccccc3)C(=O)C(=O)N2CC2CCCO2)cc1. The van der Waals surface area contributed by atoms with Gasteiger partial charge >= 0.3 is 0 Å². The van der Waals surface area contributed by atoms with E-state index < -0.39 is 17.7 Å². The van der Waals surface area contributed by atoms with Crippen molar-refractivity contribution in [2.24, 2.45) is 0 Å². The molecule has 2 aromatic rings. The van der Waals surface area contributed by atoms with Crippen LogP contribution in [-0.4, -0.2) is 54.0 Å². The van der Waals surface area contributed by atoms with Crippen LogP contribution in [0.25, 0.3) is 5.76 Å². The molecule has 168 valence electrons. The Labute approximate surface area is 189 Å². The van der Waals surface area contributed by atoms with Gasteiger partial charge in [-0.05, 0) is 44.4 Å². The molecule has 1 N–H and O–H groups in total. The fourth-order valence-electron chi connectivity index (χ4n) is 4.63. The lowest BCUT2D eigenvalue weighted by molar-refractivity contribution is -0.140. The molecule has 2 aliphatic heterocycles. The second kappa shape index (κ2) is 9.57. The number of ether oxygens (including phenoxy) is 1. The number of aliphatic hydroxyl groups excluding tert-OH is 1. The predicted octanol–water partition coefficient (Wildman–Crippen LogP) is 4.13. The van der Waals surface area contributed by atoms with E-state index in [0.29, 0.717) is 18.7 Å². The molecule has 6 nitrogen and oxygen atoms in total. The number of amides is 1. The molecule has 0 bridgehead atoms. The summed E-state index contributed by atoms with van der Waals surface area (Å²) >= 11 is 0. The minimum Gasteiger partial charge on any atom is -0.507 e. The van der Waals surface area contributed by atoms with Crippen LogP contribution < -0.4 is 4.90 Å². The molecule has 0 aliphatic carbocycles. The van der Waals surface area contributed by atoms with Crippen LogP contribution in [0.2, 0.25) is 0 Å². The van der Waals surface area contributed by atoms with Crippen LogP contribution in [0, 0.1) is 0 Å². The van der Waals surface area contributed by atoms with Gasteiger partial charge in [0.2, 0.25) is 0 Å². The monoisotopic (exact) mass is 434 g/mol. The van der Waals surface area contributed by atoms with Gasteiger partial charge in [0.1, 0.15) is 5.76 Å². The van der Waals surface area contributed by atoms with Crippen LogP contribution in [0.15, 0.2) is 60.2 Å². The topological polar surface area (TPSA) is 70.1 Å². The van der Waals surface area contributed by atoms with E-state index in [1.807, 2.05) is 30.3 Å². The first-order valence-corrected chi connectivity index (χ1v) is 11.4. The molecular formula is C26H30N2O4. The standard InChI is InChI=1S/C26H30N2O4/c1-3-27(4-2)20-14-12-18(13-15-20)23-22(24(29)19-9-6-5-7-10-19)25(30)26(31)28(23)17-21-11-8-16-32-21/h5-7,9-10,12-15,21,23,29H,3-4,8,11,16-17H2,1-2H3. The molecule has 32 heavy (non-hydrogen) atoms. The maximum atomic E-state index is 13.1. The number of hydrogen-bond acceptors (Lipinski definition) is 5. The molecule has 1 amide bonds. The maximum absolute atomic E-state index is 13.1. The zero-order valence-corrected chi connectivity index (χ0v) is 18.7. The molecule has 2 aliphatic rings. The highest BCUT2D eigenvalue weighted by molar-refractivity contribution is 6.46. The van der Waals surface area contributed by atoms with Crippen LogP contribution in [0.4, 0.5) is 5.69 Å². The van der Waals surface area contributed by atoms with E-state index in [9.17, 15) is 14.7 Å². The average Bonchev–Trinajstić information content (AvgIpc) is 3.43. The van der Waals surface area contributed by atoms with Crippen molar-refractivity contribution in [2.75, 3.05) is 31.1 Å². The molecule has 6 heteroatoms. The molecule has 0 radical (unpaired) electrons. The summed E-state index contributed by atoms with van der Waals surface area (Å²) in [5.41, 5.74) is 2.54. The highest BCUT2D eigenvalue weighted by atomic mass is 16.5. The Morgan fingerprint density at radius 3 is 2.34 bits per heavy atom. The summed E-state index contributed by atoms with van der Waals surface area (Å²) in [6.45, 7) is 6.99. The first kappa shape index (κ1) is 22.1. The van der Waals surface area contributed by atoms with Gasteiger partial charge < -0.3 is 19.6 Å². The summed E-state index contributed by atoms with van der Waals surface area (Å²) in [6.07, 6.45) is 1.71. The zero-order valence-electron chi connectivity index (χ0n) is 18.7. The lowest BCUT2D eigenvalue weighted by atomic mass is 9.95. The van der Waals surface area contributed by atoms with Crippen LogP contribution in [0.1, 0.15) is 43.9 Å². The second-order valence-corrected chi connectivity index (χ2v) is 8.22. The molecule has 2 atom stereocenters. The Morgan fingerprint density at radius 1 is 1.06 bits per heavy atom. The third-order valence-corrected chi connectivity index (χ3v) is 6.35. The summed E-state index contributed by atoms with van der Waals surface area (Å²) in [5.74, 6) is -1.38. The van der Waals surface area contributed by atoms with Gasteiger partial charge in [0.05, 0.1) is 17.7 Å². The second-order valence-electron chi connectivity index (χ2n) is 8.22. The summed E-state index contributed by atoms with van der Waals surface area (Å²) in [5, 5.41) is 11.1. The molecule has 2 aromatic carbocycles. The highest BCUT2D eigenvalue weighted by Gasteiger charge is 2.47. The van der Waals surface area contributed by atoms with Crippen molar-refractivity contribution in [3.05, 3.63) is 71.3 Å². The Bertz CT molecular complexity index is 990. The lowest BCUT2D eigenvalue weighted by Crippen LogP contribution is -2.36. The molecule has 2 unspecified atom stereocenters. The number of ketones is 1. The Kier molecular flexibility index (Phi) is 6.61. The fourth-order valence-corrected chi connectivity index (χ4v) is 4.63. The molecule has 0 spiro atoms. The third-order valence-electron chi connectivity index (χ3n) is 6.35. The summed E-state index contributed by atoms with van der Waals surface area (Å²) in [6, 6.07) is 16.2. The Morgan fingerprint density at radius 2 is 1.75 bits per heavy atom. The number of aliphatic hydroxyl groups is 1. The first-order chi connectivity index (χ1) is 15.5. The van der Waals surface area contributed by atoms with E-state index in [4.69, 9.17) is 4.74 Å². The smallest absolute Gasteiger partial charge is 0.295 e. The predicted molar refractivity (Wildman–Crippen MR) is 124 cm³/mol. The number of likely N-dealkylation sites (tertiary alicyclic amines) is 1. The number of Topliss-reactive ketones (excluding diaryl/α,β-unsaturated/α-hetero) is 1. The number of rotatable bonds is 7. The van der Waals surface area contributed by atoms with Crippen molar-refractivity contribution in [1.29, 1.82) is 0 Å². The zero-order chi connectivity index (χ0) is 22.7. The van der Waals surface area contributed by atoms with Crippen LogP contribution >= 0.6 is 0 Å². The Hall–Kier alpha value is -3.12. The fraction of sp³-hybridized carbons (Fsp3) is 0.385. The van der Waals surface area contributed by atoms with E-state index >= 15 is 0 Å². The first-order valence-electron chi connectivity index (χ1n) is 11.4. The van der Waals surface area contributed by atoms with E-state index in [1.165, 1.54) is 0 Å². The van der Waals surface area contributed by atoms with Crippen LogP contribution in [-0.2, 0) is 14.3 Å². The molecule has 0 aromatic heterocycles. The lowest BCUT2D eigenvalue weighted by Gasteiger charge is -2.28. The Balaban J connectivity index is 1.78. The number of hydrogen-bond donors (Lipinski definition) is 1. The van der Waals surface area contributed by atoms with Gasteiger partial charge in [0.25, 0.3) is 11.7 Å². The van der Waals surface area contributed by atoms with Crippen molar-refractivity contribution < 1.29 is 19.4 Å². The van der Waals surface area contributed by atoms with Crippen LogP contribution in [0.5, 0.6) is 0 Å². The maximum Gasteiger partial charge on any atom is 0.295 e. The van der Waals surface area contributed by atoms with E-state index in [1.54, 1.807) is 29.2 Å². The van der Waals surface area contributed by atoms with Crippen LogP contribution in [0.3, 0.4) is 0 Å². The molecule has 2 saturated heterocycles. The van der Waals surface area contributed by atoms with Gasteiger partial charge in [-0.1, -0.05) is 42.5 Å². The number of anilines is 1. The highest BCUT2D eigenvalue weighted by Crippen LogP contribution is 2.40. The molecule has 2 fully saturated rings. The summed E-state index contributed by atoms with van der Waals surface area (Å²) in [7, 11) is 0. The van der Waals surface area contributed by atoms with Crippen molar-refractivity contribution in [2.45, 2.75) is 38.8 Å². The molecule has 2 heterocycles.